The first-order valence-electron chi connectivity index (χ1n) is 3.67. The van der Waals surface area contributed by atoms with Crippen molar-refractivity contribution in [2.45, 2.75) is 6.10 Å². The molecule has 1 amide bonds. The van der Waals surface area contributed by atoms with E-state index in [4.69, 9.17) is 9.47 Å². The number of carbonyl (C=O) groups excluding carboxylic acids is 2. The van der Waals surface area contributed by atoms with Crippen molar-refractivity contribution in [3.05, 3.63) is 0 Å². The molecule has 0 rings (SSSR count). The highest BCUT2D eigenvalue weighted by Crippen LogP contribution is 1.94. The van der Waals surface area contributed by atoms with E-state index in [-0.39, 0.29) is 19.7 Å². The van der Waals surface area contributed by atoms with Gasteiger partial charge in [0, 0.05) is 14.2 Å². The van der Waals surface area contributed by atoms with Crippen molar-refractivity contribution in [3.63, 3.8) is 0 Å². The van der Waals surface area contributed by atoms with Gasteiger partial charge in [0.1, 0.15) is 6.61 Å². The second-order valence-corrected chi connectivity index (χ2v) is 2.16. The average Bonchev–Trinajstić information content (AvgIpc) is 2.14. The van der Waals surface area contributed by atoms with Gasteiger partial charge in [0.05, 0.1) is 6.61 Å². The number of methoxy groups -OCH3 is 1. The van der Waals surface area contributed by atoms with Crippen LogP contribution in [0, 0.1) is 0 Å². The fourth-order valence-electron chi connectivity index (χ4n) is 0.659. The molecule has 0 aromatic heterocycles. The van der Waals surface area contributed by atoms with Crippen LogP contribution < -0.4 is 5.32 Å². The summed E-state index contributed by atoms with van der Waals surface area (Å²) in [6, 6.07) is 0. The van der Waals surface area contributed by atoms with Gasteiger partial charge in [-0.1, -0.05) is 0 Å². The van der Waals surface area contributed by atoms with Gasteiger partial charge in [-0.05, 0) is 0 Å². The SMILES string of the molecule is CNC(=O)OC(COC)COC=O. The molecular formula is C7H13NO5. The van der Waals surface area contributed by atoms with Gasteiger partial charge in [-0.25, -0.2) is 4.79 Å². The maximum Gasteiger partial charge on any atom is 0.407 e. The molecule has 0 spiro atoms. The standard InChI is InChI=1S/C7H13NO5/c1-8-7(10)13-6(3-11-2)4-12-5-9/h5-6H,3-4H2,1-2H3,(H,8,10). The summed E-state index contributed by atoms with van der Waals surface area (Å²) in [5.41, 5.74) is 0. The van der Waals surface area contributed by atoms with E-state index >= 15 is 0 Å². The van der Waals surface area contributed by atoms with Crippen LogP contribution in [0.15, 0.2) is 0 Å². The van der Waals surface area contributed by atoms with Crippen LogP contribution in [0.25, 0.3) is 0 Å². The van der Waals surface area contributed by atoms with Gasteiger partial charge in [0.25, 0.3) is 6.47 Å². The monoisotopic (exact) mass is 191 g/mol. The Morgan fingerprint density at radius 3 is 2.69 bits per heavy atom. The largest absolute Gasteiger partial charge is 0.464 e. The highest BCUT2D eigenvalue weighted by molar-refractivity contribution is 5.66. The van der Waals surface area contributed by atoms with E-state index in [0.717, 1.165) is 0 Å². The quantitative estimate of drug-likeness (QED) is 0.574. The predicted molar refractivity (Wildman–Crippen MR) is 43.2 cm³/mol. The molecule has 0 saturated carbocycles. The maximum absolute atomic E-state index is 10.7. The van der Waals surface area contributed by atoms with E-state index in [1.165, 1.54) is 14.2 Å². The van der Waals surface area contributed by atoms with Crippen LogP contribution in [-0.4, -0.2) is 46.0 Å². The van der Waals surface area contributed by atoms with Gasteiger partial charge in [-0.15, -0.1) is 0 Å². The fraction of sp³-hybridized carbons (Fsp3) is 0.714. The van der Waals surface area contributed by atoms with E-state index in [1.54, 1.807) is 0 Å². The van der Waals surface area contributed by atoms with Gasteiger partial charge in [-0.3, -0.25) is 4.79 Å². The number of rotatable bonds is 6. The molecule has 0 aliphatic rings. The van der Waals surface area contributed by atoms with Crippen LogP contribution in [0.1, 0.15) is 0 Å². The third-order valence-electron chi connectivity index (χ3n) is 1.18. The molecule has 0 radical (unpaired) electrons. The molecule has 13 heavy (non-hydrogen) atoms. The summed E-state index contributed by atoms with van der Waals surface area (Å²) in [5, 5.41) is 2.27. The van der Waals surface area contributed by atoms with Gasteiger partial charge in [-0.2, -0.15) is 0 Å². The number of carbonyl (C=O) groups is 2. The summed E-state index contributed by atoms with van der Waals surface area (Å²) in [4.78, 5) is 20.6. The van der Waals surface area contributed by atoms with Crippen molar-refractivity contribution in [2.75, 3.05) is 27.4 Å². The average molecular weight is 191 g/mol. The van der Waals surface area contributed by atoms with Crippen LogP contribution in [0.2, 0.25) is 0 Å². The molecule has 0 heterocycles. The summed E-state index contributed by atoms with van der Waals surface area (Å²) >= 11 is 0. The van der Waals surface area contributed by atoms with E-state index < -0.39 is 12.2 Å². The van der Waals surface area contributed by atoms with Crippen LogP contribution in [0.4, 0.5) is 4.79 Å². The van der Waals surface area contributed by atoms with Crippen molar-refractivity contribution >= 4 is 12.6 Å². The molecule has 6 heteroatoms. The summed E-state index contributed by atoms with van der Waals surface area (Å²) in [7, 11) is 2.90. The summed E-state index contributed by atoms with van der Waals surface area (Å²) < 4.78 is 14.0. The molecule has 0 bridgehead atoms. The zero-order chi connectivity index (χ0) is 10.1. The Balaban J connectivity index is 3.78. The molecular weight excluding hydrogens is 178 g/mol. The summed E-state index contributed by atoms with van der Waals surface area (Å²) in [6.07, 6.45) is -1.16. The Morgan fingerprint density at radius 1 is 1.54 bits per heavy atom. The Bertz CT molecular complexity index is 161. The van der Waals surface area contributed by atoms with Crippen molar-refractivity contribution in [1.82, 2.24) is 5.32 Å². The first kappa shape index (κ1) is 11.7. The van der Waals surface area contributed by atoms with Crippen molar-refractivity contribution in [3.8, 4) is 0 Å². The number of alkyl carbamates (subject to hydrolysis) is 1. The molecule has 1 N–H and O–H groups in total. The molecule has 0 aromatic rings. The predicted octanol–water partition coefficient (Wildman–Crippen LogP) is -0.470. The highest BCUT2D eigenvalue weighted by Gasteiger charge is 2.13. The molecule has 0 fully saturated rings. The lowest BCUT2D eigenvalue weighted by molar-refractivity contribution is -0.132. The van der Waals surface area contributed by atoms with Crippen molar-refractivity contribution < 1.29 is 23.8 Å². The summed E-state index contributed by atoms with van der Waals surface area (Å²) in [5.74, 6) is 0. The minimum Gasteiger partial charge on any atom is -0.464 e. The first-order valence-corrected chi connectivity index (χ1v) is 3.67. The molecule has 76 valence electrons. The molecule has 0 aliphatic carbocycles. The summed E-state index contributed by atoms with van der Waals surface area (Å²) in [6.45, 7) is 0.460. The highest BCUT2D eigenvalue weighted by atomic mass is 16.6. The minimum atomic E-state index is -0.587. The minimum absolute atomic E-state index is 0.00917. The molecule has 0 saturated heterocycles. The third-order valence-corrected chi connectivity index (χ3v) is 1.18. The smallest absolute Gasteiger partial charge is 0.407 e. The van der Waals surface area contributed by atoms with Crippen LogP contribution in [0.3, 0.4) is 0 Å². The number of hydrogen-bond donors (Lipinski definition) is 1. The Morgan fingerprint density at radius 2 is 2.23 bits per heavy atom. The zero-order valence-corrected chi connectivity index (χ0v) is 7.61. The first-order chi connectivity index (χ1) is 6.24. The number of nitrogens with one attached hydrogen (secondary N) is 1. The fourth-order valence-corrected chi connectivity index (χ4v) is 0.659. The topological polar surface area (TPSA) is 73.9 Å². The number of amides is 1. The van der Waals surface area contributed by atoms with Gasteiger partial charge in [0.2, 0.25) is 0 Å². The molecule has 1 atom stereocenters. The number of hydrogen-bond acceptors (Lipinski definition) is 5. The lowest BCUT2D eigenvalue weighted by atomic mass is 10.4. The van der Waals surface area contributed by atoms with Crippen LogP contribution >= 0.6 is 0 Å². The normalized spacial score (nSPS) is 11.5. The van der Waals surface area contributed by atoms with Gasteiger partial charge >= 0.3 is 6.09 Å². The Hall–Kier alpha value is -1.30. The van der Waals surface area contributed by atoms with Crippen LogP contribution in [-0.2, 0) is 19.0 Å². The van der Waals surface area contributed by atoms with Gasteiger partial charge < -0.3 is 19.5 Å². The Kier molecular flexibility index (Phi) is 6.62. The lowest BCUT2D eigenvalue weighted by Crippen LogP contribution is -2.32. The van der Waals surface area contributed by atoms with Crippen LogP contribution in [0.5, 0.6) is 0 Å². The van der Waals surface area contributed by atoms with E-state index in [1.807, 2.05) is 0 Å². The van der Waals surface area contributed by atoms with Crippen molar-refractivity contribution in [1.29, 1.82) is 0 Å². The maximum atomic E-state index is 10.7. The van der Waals surface area contributed by atoms with Crippen molar-refractivity contribution in [2.24, 2.45) is 0 Å². The molecule has 0 aliphatic heterocycles. The van der Waals surface area contributed by atoms with Gasteiger partial charge in [0.15, 0.2) is 6.10 Å². The third kappa shape index (κ3) is 5.92. The lowest BCUT2D eigenvalue weighted by Gasteiger charge is -2.15. The van der Waals surface area contributed by atoms with E-state index in [2.05, 4.69) is 10.1 Å². The zero-order valence-electron chi connectivity index (χ0n) is 7.61. The number of ether oxygens (including phenoxy) is 3. The Labute approximate surface area is 76.1 Å². The van der Waals surface area contributed by atoms with E-state index in [0.29, 0.717) is 0 Å². The molecule has 0 aromatic carbocycles. The second kappa shape index (κ2) is 7.35. The molecule has 6 nitrogen and oxygen atoms in total. The molecule has 1 unspecified atom stereocenters. The van der Waals surface area contributed by atoms with E-state index in [9.17, 15) is 9.59 Å². The second-order valence-electron chi connectivity index (χ2n) is 2.16.